The Morgan fingerprint density at radius 2 is 1.79 bits per heavy atom. The summed E-state index contributed by atoms with van der Waals surface area (Å²) >= 11 is 0. The molecule has 3 heterocycles. The number of amides is 3. The quantitative estimate of drug-likeness (QED) is 0.380. The SMILES string of the molecule is COC(=O)[C@H](CCCc1c[nH]c2ccccc12)NC(=O)[C@@H]1CCCN(C(=O)CCC2CCN(C(=O)OC(C)(C)C)CC2)C1. The van der Waals surface area contributed by atoms with Gasteiger partial charge in [0.2, 0.25) is 11.8 Å². The number of para-hydroxylation sites is 1. The molecule has 4 rings (SSSR count). The first-order valence-electron chi connectivity index (χ1n) is 15.7. The summed E-state index contributed by atoms with van der Waals surface area (Å²) in [5.41, 5.74) is 1.75. The van der Waals surface area contributed by atoms with Gasteiger partial charge in [0.05, 0.1) is 13.0 Å². The number of aromatic amines is 1. The van der Waals surface area contributed by atoms with Crippen LogP contribution in [-0.2, 0) is 30.3 Å². The van der Waals surface area contributed by atoms with Gasteiger partial charge < -0.3 is 29.6 Å². The molecular weight excluding hydrogens is 548 g/mol. The molecule has 10 heteroatoms. The predicted molar refractivity (Wildman–Crippen MR) is 164 cm³/mol. The minimum Gasteiger partial charge on any atom is -0.467 e. The first-order chi connectivity index (χ1) is 20.5. The normalized spacial score (nSPS) is 18.7. The number of piperidine rings is 2. The van der Waals surface area contributed by atoms with Gasteiger partial charge in [-0.15, -0.1) is 0 Å². The van der Waals surface area contributed by atoms with Gasteiger partial charge in [-0.2, -0.15) is 0 Å². The maximum atomic E-state index is 13.2. The van der Waals surface area contributed by atoms with Gasteiger partial charge in [-0.3, -0.25) is 9.59 Å². The highest BCUT2D eigenvalue weighted by molar-refractivity contribution is 5.86. The van der Waals surface area contributed by atoms with Gasteiger partial charge >= 0.3 is 12.1 Å². The van der Waals surface area contributed by atoms with Crippen molar-refractivity contribution >= 4 is 34.8 Å². The van der Waals surface area contributed by atoms with Crippen LogP contribution in [0.15, 0.2) is 30.5 Å². The molecule has 236 valence electrons. The number of carbonyl (C=O) groups is 4. The van der Waals surface area contributed by atoms with Gasteiger partial charge in [0.1, 0.15) is 11.6 Å². The Bertz CT molecular complexity index is 1260. The smallest absolute Gasteiger partial charge is 0.410 e. The Morgan fingerprint density at radius 3 is 2.51 bits per heavy atom. The van der Waals surface area contributed by atoms with Crippen LogP contribution >= 0.6 is 0 Å². The Labute approximate surface area is 254 Å². The van der Waals surface area contributed by atoms with Crippen molar-refractivity contribution in [3.63, 3.8) is 0 Å². The molecule has 2 aliphatic heterocycles. The largest absolute Gasteiger partial charge is 0.467 e. The highest BCUT2D eigenvalue weighted by atomic mass is 16.6. The molecule has 2 aliphatic rings. The molecule has 2 atom stereocenters. The van der Waals surface area contributed by atoms with Crippen molar-refractivity contribution in [2.45, 2.75) is 90.2 Å². The van der Waals surface area contributed by atoms with Crippen molar-refractivity contribution in [1.82, 2.24) is 20.1 Å². The number of ether oxygens (including phenoxy) is 2. The van der Waals surface area contributed by atoms with Crippen LogP contribution in [0.4, 0.5) is 4.79 Å². The molecule has 0 saturated carbocycles. The third-order valence-electron chi connectivity index (χ3n) is 8.59. The second-order valence-electron chi connectivity index (χ2n) is 13.0. The first-order valence-corrected chi connectivity index (χ1v) is 15.7. The number of aryl methyl sites for hydroxylation is 1. The van der Waals surface area contributed by atoms with Gasteiger partial charge in [0.25, 0.3) is 0 Å². The van der Waals surface area contributed by atoms with Crippen LogP contribution in [0.5, 0.6) is 0 Å². The van der Waals surface area contributed by atoms with Crippen molar-refractivity contribution < 1.29 is 28.7 Å². The van der Waals surface area contributed by atoms with Gasteiger partial charge in [0.15, 0.2) is 0 Å². The number of H-pyrrole nitrogens is 1. The van der Waals surface area contributed by atoms with Crippen LogP contribution in [0.3, 0.4) is 0 Å². The summed E-state index contributed by atoms with van der Waals surface area (Å²) < 4.78 is 10.5. The Kier molecular flexibility index (Phi) is 11.1. The third-order valence-corrected chi connectivity index (χ3v) is 8.59. The number of hydrogen-bond donors (Lipinski definition) is 2. The van der Waals surface area contributed by atoms with E-state index in [1.165, 1.54) is 18.1 Å². The number of nitrogens with one attached hydrogen (secondary N) is 2. The molecular formula is C33H48N4O6. The number of aromatic nitrogens is 1. The zero-order chi connectivity index (χ0) is 31.0. The van der Waals surface area contributed by atoms with Crippen molar-refractivity contribution in [2.24, 2.45) is 11.8 Å². The maximum absolute atomic E-state index is 13.2. The molecule has 3 amide bonds. The topological polar surface area (TPSA) is 121 Å². The summed E-state index contributed by atoms with van der Waals surface area (Å²) in [7, 11) is 1.34. The summed E-state index contributed by atoms with van der Waals surface area (Å²) in [6.45, 7) is 7.89. The van der Waals surface area contributed by atoms with Crippen molar-refractivity contribution in [1.29, 1.82) is 0 Å². The summed E-state index contributed by atoms with van der Waals surface area (Å²) in [6, 6.07) is 7.38. The van der Waals surface area contributed by atoms with Crippen LogP contribution in [0.25, 0.3) is 10.9 Å². The van der Waals surface area contributed by atoms with Gasteiger partial charge in [-0.25, -0.2) is 9.59 Å². The van der Waals surface area contributed by atoms with Crippen LogP contribution < -0.4 is 5.32 Å². The lowest BCUT2D eigenvalue weighted by Gasteiger charge is -2.35. The van der Waals surface area contributed by atoms with E-state index >= 15 is 0 Å². The number of fused-ring (bicyclic) bond motifs is 1. The number of rotatable bonds is 10. The minimum absolute atomic E-state index is 0.0651. The van der Waals surface area contributed by atoms with E-state index in [1.54, 1.807) is 9.80 Å². The van der Waals surface area contributed by atoms with E-state index in [1.807, 2.05) is 45.2 Å². The Morgan fingerprint density at radius 1 is 1.05 bits per heavy atom. The molecule has 0 unspecified atom stereocenters. The maximum Gasteiger partial charge on any atom is 0.410 e. The zero-order valence-corrected chi connectivity index (χ0v) is 26.2. The summed E-state index contributed by atoms with van der Waals surface area (Å²) in [6.07, 6.45) is 8.04. The molecule has 0 aliphatic carbocycles. The van der Waals surface area contributed by atoms with E-state index in [9.17, 15) is 19.2 Å². The standard InChI is InChI=1S/C33H48N4O6/c1-33(2,3)43-32(41)36-19-16-23(17-20-36)14-15-29(38)37-18-8-10-25(22-37)30(39)35-28(31(40)42-4)13-7-9-24-21-34-27-12-6-5-11-26(24)27/h5-6,11-12,21,23,25,28,34H,7-10,13-20,22H2,1-4H3,(H,35,39)/t25-,28+/m1/s1. The van der Waals surface area contributed by atoms with Crippen molar-refractivity contribution in [3.8, 4) is 0 Å². The lowest BCUT2D eigenvalue weighted by atomic mass is 9.91. The van der Waals surface area contributed by atoms with E-state index in [0.29, 0.717) is 57.8 Å². The monoisotopic (exact) mass is 596 g/mol. The van der Waals surface area contributed by atoms with Crippen LogP contribution in [0, 0.1) is 11.8 Å². The molecule has 2 fully saturated rings. The highest BCUT2D eigenvalue weighted by Gasteiger charge is 2.32. The number of methoxy groups -OCH3 is 1. The number of hydrogen-bond acceptors (Lipinski definition) is 6. The lowest BCUT2D eigenvalue weighted by molar-refractivity contribution is -0.146. The molecule has 43 heavy (non-hydrogen) atoms. The highest BCUT2D eigenvalue weighted by Crippen LogP contribution is 2.25. The fourth-order valence-corrected chi connectivity index (χ4v) is 6.15. The number of carbonyl (C=O) groups excluding carboxylic acids is 4. The van der Waals surface area contributed by atoms with Crippen LogP contribution in [0.1, 0.15) is 77.7 Å². The summed E-state index contributed by atoms with van der Waals surface area (Å²) in [5, 5.41) is 4.09. The Hall–Kier alpha value is -3.56. The predicted octanol–water partition coefficient (Wildman–Crippen LogP) is 4.81. The van der Waals surface area contributed by atoms with E-state index in [2.05, 4.69) is 16.4 Å². The van der Waals surface area contributed by atoms with Gasteiger partial charge in [0, 0.05) is 49.7 Å². The molecule has 1 aromatic carbocycles. The van der Waals surface area contributed by atoms with Crippen molar-refractivity contribution in [2.75, 3.05) is 33.3 Å². The number of esters is 1. The van der Waals surface area contributed by atoms with Crippen molar-refractivity contribution in [3.05, 3.63) is 36.0 Å². The van der Waals surface area contributed by atoms with Gasteiger partial charge in [-0.05, 0) is 89.7 Å². The molecule has 1 aromatic heterocycles. The Balaban J connectivity index is 1.21. The average molecular weight is 597 g/mol. The fourth-order valence-electron chi connectivity index (χ4n) is 6.15. The second-order valence-corrected chi connectivity index (χ2v) is 13.0. The number of likely N-dealkylation sites (tertiary alicyclic amines) is 2. The first kappa shape index (κ1) is 32.4. The summed E-state index contributed by atoms with van der Waals surface area (Å²) in [5.74, 6) is -0.550. The molecule has 10 nitrogen and oxygen atoms in total. The van der Waals surface area contributed by atoms with E-state index in [0.717, 1.165) is 37.6 Å². The van der Waals surface area contributed by atoms with Crippen LogP contribution in [-0.4, -0.2) is 83.6 Å². The van der Waals surface area contributed by atoms with E-state index in [-0.39, 0.29) is 23.8 Å². The molecule has 2 N–H and O–H groups in total. The fraction of sp³-hybridized carbons (Fsp3) is 0.636. The second kappa shape index (κ2) is 14.8. The van der Waals surface area contributed by atoms with E-state index < -0.39 is 17.6 Å². The van der Waals surface area contributed by atoms with E-state index in [4.69, 9.17) is 9.47 Å². The lowest BCUT2D eigenvalue weighted by Crippen LogP contribution is -2.49. The van der Waals surface area contributed by atoms with Gasteiger partial charge in [-0.1, -0.05) is 18.2 Å². The number of benzene rings is 1. The average Bonchev–Trinajstić information content (AvgIpc) is 3.41. The third kappa shape index (κ3) is 9.21. The minimum atomic E-state index is -0.722. The number of nitrogens with zero attached hydrogens (tertiary/aromatic N) is 2. The molecule has 0 radical (unpaired) electrons. The molecule has 2 saturated heterocycles. The summed E-state index contributed by atoms with van der Waals surface area (Å²) in [4.78, 5) is 58.0. The molecule has 0 spiro atoms. The zero-order valence-electron chi connectivity index (χ0n) is 26.2. The molecule has 2 aromatic rings. The molecule has 0 bridgehead atoms. The van der Waals surface area contributed by atoms with Crippen LogP contribution in [0.2, 0.25) is 0 Å².